The highest BCUT2D eigenvalue weighted by Crippen LogP contribution is 2.54. The number of urea groups is 1. The van der Waals surface area contributed by atoms with Crippen molar-refractivity contribution in [1.29, 1.82) is 5.26 Å². The van der Waals surface area contributed by atoms with Crippen LogP contribution in [0.25, 0.3) is 0 Å². The number of halogens is 4. The largest absolute Gasteiger partial charge is 0.493 e. The van der Waals surface area contributed by atoms with Gasteiger partial charge in [0.05, 0.1) is 74.7 Å². The number of amides is 3. The number of aryl methyl sites for hydroxylation is 1. The lowest BCUT2D eigenvalue weighted by molar-refractivity contribution is -0.137. The summed E-state index contributed by atoms with van der Waals surface area (Å²) in [6.07, 6.45) is -4.80. The van der Waals surface area contributed by atoms with Crippen LogP contribution in [0.5, 0.6) is 11.5 Å². The van der Waals surface area contributed by atoms with E-state index in [1.54, 1.807) is 49.1 Å². The Morgan fingerprint density at radius 2 is 1.35 bits per heavy atom. The lowest BCUT2D eigenvalue weighted by Gasteiger charge is -2.47. The van der Waals surface area contributed by atoms with Gasteiger partial charge < -0.3 is 33.5 Å². The summed E-state index contributed by atoms with van der Waals surface area (Å²) in [5.41, 5.74) is 0.361. The maximum atomic E-state index is 15.5. The van der Waals surface area contributed by atoms with Crippen molar-refractivity contribution in [3.63, 3.8) is 0 Å². The molecular weight excluding hydrogens is 1080 g/mol. The van der Waals surface area contributed by atoms with Crippen molar-refractivity contribution in [2.45, 2.75) is 90.5 Å². The van der Waals surface area contributed by atoms with Gasteiger partial charge >= 0.3 is 12.2 Å². The molecule has 0 radical (unpaired) electrons. The number of nitrogens with zero attached hydrogens (tertiary/aromatic N) is 7. The third-order valence-electron chi connectivity index (χ3n) is 15.4. The molecule has 14 nitrogen and oxygen atoms in total. The molecule has 0 N–H and O–H groups in total. The second-order valence-corrected chi connectivity index (χ2v) is 22.9. The van der Waals surface area contributed by atoms with Crippen LogP contribution < -0.4 is 19.3 Å². The molecule has 3 aliphatic rings. The van der Waals surface area contributed by atoms with Gasteiger partial charge in [-0.2, -0.15) is 18.4 Å². The van der Waals surface area contributed by atoms with Gasteiger partial charge in [-0.05, 0) is 143 Å². The van der Waals surface area contributed by atoms with Crippen LogP contribution in [0.3, 0.4) is 0 Å². The monoisotopic (exact) mass is 1150 g/mol. The molecule has 0 unspecified atom stereocenters. The number of carbonyl (C=O) groups excluding carboxylic acids is 2. The Morgan fingerprint density at radius 3 is 1.94 bits per heavy atom. The van der Waals surface area contributed by atoms with Crippen molar-refractivity contribution >= 4 is 58.1 Å². The highest BCUT2D eigenvalue weighted by Gasteiger charge is 2.60. The van der Waals surface area contributed by atoms with E-state index in [4.69, 9.17) is 52.5 Å². The average molecular weight is 1150 g/mol. The fraction of sp³-hybridized carbons (Fsp3) is 0.435. The van der Waals surface area contributed by atoms with Gasteiger partial charge in [-0.15, -0.1) is 0 Å². The molecule has 81 heavy (non-hydrogen) atoms. The minimum Gasteiger partial charge on any atom is -0.493 e. The first-order valence-corrected chi connectivity index (χ1v) is 28.0. The van der Waals surface area contributed by atoms with E-state index in [2.05, 4.69) is 88.9 Å². The average Bonchev–Trinajstić information content (AvgIpc) is 2.56. The van der Waals surface area contributed by atoms with Crippen LogP contribution in [-0.2, 0) is 41.7 Å². The molecule has 0 spiro atoms. The van der Waals surface area contributed by atoms with Crippen LogP contribution in [0.1, 0.15) is 94.3 Å². The van der Waals surface area contributed by atoms with Crippen molar-refractivity contribution in [2.24, 2.45) is 4.99 Å². The van der Waals surface area contributed by atoms with Crippen LogP contribution in [0.15, 0.2) is 114 Å². The lowest BCUT2D eigenvalue weighted by atomic mass is 9.70. The maximum Gasteiger partial charge on any atom is 0.417 e. The zero-order chi connectivity index (χ0) is 58.5. The van der Waals surface area contributed by atoms with E-state index in [0.29, 0.717) is 107 Å². The summed E-state index contributed by atoms with van der Waals surface area (Å²) in [4.78, 5) is 43.5. The van der Waals surface area contributed by atoms with Gasteiger partial charge in [0.25, 0.3) is 5.91 Å². The van der Waals surface area contributed by atoms with Crippen molar-refractivity contribution in [3.8, 4) is 17.6 Å². The number of hydrogen-bond donors (Lipinski definition) is 0. The Balaban J connectivity index is 0.787. The van der Waals surface area contributed by atoms with Gasteiger partial charge in [0, 0.05) is 43.4 Å². The Bertz CT molecular complexity index is 3140. The number of thiocarbonyl (C=S) groups is 1. The van der Waals surface area contributed by atoms with E-state index >= 15 is 4.79 Å². The second kappa shape index (κ2) is 24.9. The number of rotatable bonds is 20. The van der Waals surface area contributed by atoms with E-state index in [-0.39, 0.29) is 28.9 Å². The third-order valence-corrected chi connectivity index (χ3v) is 16.0. The number of piperazine rings is 1. The molecule has 0 aliphatic carbocycles. The van der Waals surface area contributed by atoms with Crippen molar-refractivity contribution in [2.75, 3.05) is 95.4 Å². The summed E-state index contributed by atoms with van der Waals surface area (Å²) in [5, 5.41) is 9.85. The molecule has 3 aliphatic heterocycles. The summed E-state index contributed by atoms with van der Waals surface area (Å²) in [6.45, 7) is 24.2. The summed E-state index contributed by atoms with van der Waals surface area (Å²) in [7, 11) is 0. The Morgan fingerprint density at radius 1 is 0.753 bits per heavy atom. The molecule has 19 heteroatoms. The van der Waals surface area contributed by atoms with E-state index in [1.807, 2.05) is 41.0 Å². The predicted molar refractivity (Wildman–Crippen MR) is 313 cm³/mol. The molecule has 8 rings (SSSR count). The number of alkyl halides is 3. The van der Waals surface area contributed by atoms with Crippen LogP contribution in [0.4, 0.5) is 29.3 Å². The first-order chi connectivity index (χ1) is 38.4. The number of anilines is 2. The number of nitriles is 1. The predicted octanol–water partition coefficient (Wildman–Crippen LogP) is 11.9. The molecule has 5 aromatic rings. The van der Waals surface area contributed by atoms with E-state index in [9.17, 15) is 23.2 Å². The van der Waals surface area contributed by atoms with E-state index < -0.39 is 39.8 Å². The number of benzene rings is 5. The zero-order valence-electron chi connectivity index (χ0n) is 47.5. The van der Waals surface area contributed by atoms with Crippen LogP contribution >= 0.6 is 23.8 Å². The Kier molecular flexibility index (Phi) is 18.6. The molecule has 0 saturated carbocycles. The highest BCUT2D eigenvalue weighted by atomic mass is 35.5. The third kappa shape index (κ3) is 12.7. The molecule has 430 valence electrons. The van der Waals surface area contributed by atoms with Crippen LogP contribution in [0, 0.1) is 18.3 Å². The van der Waals surface area contributed by atoms with Crippen LogP contribution in [-0.4, -0.2) is 129 Å². The summed E-state index contributed by atoms with van der Waals surface area (Å²) in [5.74, 6) is 1.26. The standard InChI is InChI=1S/C62H71ClF3N7O7S/c1-10-79-53-39-46(58(3,4)5)18-26-51(53)54-68-60(8,44-16-19-47(63)20-17-44)61(9,45-14-11-42(2)12-15-45)73(54)56(75)70-29-27-69(28-30-70)31-32-76-33-34-77-35-36-78-37-38-80-50-24-22-48(23-25-50)72-57(81)71(55(74)59(72,6)7)49-21-13-43(41-67)52(40-49)62(64,65)66/h11-26,39-40H,10,27-38H2,1-9H3/t60-,61+/m0/s1. The normalized spacial score (nSPS) is 19.5. The summed E-state index contributed by atoms with van der Waals surface area (Å²) >= 11 is 12.1. The fourth-order valence-corrected chi connectivity index (χ4v) is 11.2. The molecule has 2 fully saturated rings. The zero-order valence-corrected chi connectivity index (χ0v) is 49.1. The highest BCUT2D eigenvalue weighted by molar-refractivity contribution is 7.81. The molecule has 5 aromatic carbocycles. The summed E-state index contributed by atoms with van der Waals surface area (Å²) in [6, 6.07) is 33.8. The first kappa shape index (κ1) is 60.5. The Labute approximate surface area is 483 Å². The number of amidine groups is 1. The fourth-order valence-electron chi connectivity index (χ4n) is 10.5. The van der Waals surface area contributed by atoms with Gasteiger partial charge in [-0.1, -0.05) is 80.4 Å². The Hall–Kier alpha value is -6.59. The minimum atomic E-state index is -4.80. The van der Waals surface area contributed by atoms with Gasteiger partial charge in [0.1, 0.15) is 40.6 Å². The molecule has 2 saturated heterocycles. The topological polar surface area (TPSA) is 133 Å². The number of carbonyl (C=O) groups is 2. The van der Waals surface area contributed by atoms with Gasteiger partial charge in [-0.25, -0.2) is 4.79 Å². The quantitative estimate of drug-likeness (QED) is 0.0545. The minimum absolute atomic E-state index is 0.000969. The molecule has 2 atom stereocenters. The molecule has 0 aromatic heterocycles. The molecular formula is C62H71ClF3N7O7S. The van der Waals surface area contributed by atoms with E-state index in [0.717, 1.165) is 44.8 Å². The smallest absolute Gasteiger partial charge is 0.417 e. The number of aliphatic imine (C=N–C) groups is 1. The summed E-state index contributed by atoms with van der Waals surface area (Å²) < 4.78 is 70.9. The van der Waals surface area contributed by atoms with Crippen molar-refractivity contribution in [3.05, 3.63) is 153 Å². The molecule has 0 bridgehead atoms. The van der Waals surface area contributed by atoms with Gasteiger partial charge in [0.15, 0.2) is 5.11 Å². The van der Waals surface area contributed by atoms with Crippen molar-refractivity contribution in [1.82, 2.24) is 14.7 Å². The molecule has 3 heterocycles. The van der Waals surface area contributed by atoms with E-state index in [1.165, 1.54) is 6.07 Å². The SMILES string of the molecule is CCOc1cc(C(C)(C)C)ccc1C1=N[C@@](C)(c2ccc(Cl)cc2)[C@@](C)(c2ccc(C)cc2)N1C(=O)N1CCN(CCOCCOCCOCCOc2ccc(N3C(=S)N(c4ccc(C#N)c(C(F)(F)F)c4)C(=O)C3(C)C)cc2)CC1. The van der Waals surface area contributed by atoms with Crippen molar-refractivity contribution < 1.29 is 46.4 Å². The molecule has 3 amide bonds. The first-order valence-electron chi connectivity index (χ1n) is 27.2. The second-order valence-electron chi connectivity index (χ2n) is 22.1. The number of hydrogen-bond acceptors (Lipinski definition) is 11. The number of ether oxygens (including phenoxy) is 5. The van der Waals surface area contributed by atoms with Gasteiger partial charge in [0.2, 0.25) is 0 Å². The lowest BCUT2D eigenvalue weighted by Crippen LogP contribution is -2.60. The maximum absolute atomic E-state index is 15.5. The van der Waals surface area contributed by atoms with Crippen LogP contribution in [0.2, 0.25) is 5.02 Å². The van der Waals surface area contributed by atoms with Gasteiger partial charge in [-0.3, -0.25) is 24.5 Å².